The first-order valence-electron chi connectivity index (χ1n) is 17.5. The topological polar surface area (TPSA) is 209 Å². The van der Waals surface area contributed by atoms with Crippen LogP contribution >= 0.6 is 0 Å². The molecule has 8 N–H and O–H groups in total. The number of unbranched alkanes of at least 4 members (excludes halogenated alkanes) is 7. The summed E-state index contributed by atoms with van der Waals surface area (Å²) in [6.45, 7) is 2.23. The molecule has 3 atom stereocenters. The number of aromatic amines is 1. The molecule has 0 radical (unpaired) electrons. The van der Waals surface area contributed by atoms with Gasteiger partial charge in [-0.2, -0.15) is 0 Å². The molecular weight excluding hydrogens is 640 g/mol. The fourth-order valence-corrected chi connectivity index (χ4v) is 5.45. The molecule has 1 aromatic heterocycles. The van der Waals surface area contributed by atoms with E-state index in [4.69, 9.17) is 10.5 Å². The molecule has 272 valence electrons. The SMILES string of the molecule is CCCCCCCCCCC(=O)N[C@@H](Cc1ccc(O)cc1)C(=O)N[C@@H](Cc1cnc[nH]1)C(=O)N[C@@H](Cc1ccc(O)cc1)C(=O)OCCN. The normalized spacial score (nSPS) is 12.8. The van der Waals surface area contributed by atoms with Crippen LogP contribution in [0, 0.1) is 0 Å². The zero-order valence-corrected chi connectivity index (χ0v) is 28.9. The van der Waals surface area contributed by atoms with Crippen LogP contribution in [0.15, 0.2) is 61.1 Å². The summed E-state index contributed by atoms with van der Waals surface area (Å²) in [5, 5.41) is 27.8. The highest BCUT2D eigenvalue weighted by atomic mass is 16.5. The average molecular weight is 693 g/mol. The van der Waals surface area contributed by atoms with Gasteiger partial charge in [0, 0.05) is 44.1 Å². The van der Waals surface area contributed by atoms with Crippen molar-refractivity contribution in [3.05, 3.63) is 77.9 Å². The molecule has 3 aromatic rings. The van der Waals surface area contributed by atoms with Gasteiger partial charge in [0.25, 0.3) is 0 Å². The number of esters is 1. The van der Waals surface area contributed by atoms with E-state index in [0.717, 1.165) is 19.3 Å². The van der Waals surface area contributed by atoms with Crippen LogP contribution in [0.5, 0.6) is 11.5 Å². The maximum absolute atomic E-state index is 13.9. The maximum atomic E-state index is 13.9. The number of H-pyrrole nitrogens is 1. The summed E-state index contributed by atoms with van der Waals surface area (Å²) in [5.41, 5.74) is 7.42. The lowest BCUT2D eigenvalue weighted by molar-refractivity contribution is -0.147. The van der Waals surface area contributed by atoms with E-state index in [-0.39, 0.29) is 56.2 Å². The largest absolute Gasteiger partial charge is 0.508 e. The van der Waals surface area contributed by atoms with E-state index in [9.17, 15) is 29.4 Å². The Morgan fingerprint density at radius 3 is 1.80 bits per heavy atom. The molecule has 0 spiro atoms. The fraction of sp³-hybridized carbons (Fsp3) is 0.486. The standard InChI is InChI=1S/C37H52N6O7/c1-2-3-4-5-6-7-8-9-10-34(46)41-31(21-26-11-15-29(44)16-12-26)35(47)42-32(23-28-24-39-25-40-28)36(48)43-33(37(49)50-20-19-38)22-27-13-17-30(45)18-14-27/h11-18,24-25,31-33,44-45H,2-10,19-23,38H2,1H3,(H,39,40)(H,41,46)(H,42,47)(H,43,48)/t31-,32-,33-/m0/s1. The Kier molecular flexibility index (Phi) is 17.3. The van der Waals surface area contributed by atoms with Crippen molar-refractivity contribution in [3.8, 4) is 11.5 Å². The summed E-state index contributed by atoms with van der Waals surface area (Å²) in [7, 11) is 0. The van der Waals surface area contributed by atoms with Gasteiger partial charge in [0.2, 0.25) is 17.7 Å². The zero-order valence-electron chi connectivity index (χ0n) is 28.9. The quantitative estimate of drug-likeness (QED) is 0.0574. The predicted octanol–water partition coefficient (Wildman–Crippen LogP) is 3.34. The molecule has 0 saturated carbocycles. The number of hydrogen-bond acceptors (Lipinski definition) is 9. The molecule has 0 saturated heterocycles. The first-order chi connectivity index (χ1) is 24.2. The number of aromatic nitrogens is 2. The smallest absolute Gasteiger partial charge is 0.329 e. The van der Waals surface area contributed by atoms with Crippen LogP contribution in [-0.2, 0) is 43.2 Å². The Morgan fingerprint density at radius 1 is 0.740 bits per heavy atom. The van der Waals surface area contributed by atoms with Gasteiger partial charge in [-0.1, -0.05) is 76.1 Å². The van der Waals surface area contributed by atoms with Crippen LogP contribution in [0.2, 0.25) is 0 Å². The number of amides is 3. The van der Waals surface area contributed by atoms with Crippen LogP contribution < -0.4 is 21.7 Å². The summed E-state index contributed by atoms with van der Waals surface area (Å²) >= 11 is 0. The van der Waals surface area contributed by atoms with Crippen molar-refractivity contribution in [2.24, 2.45) is 5.73 Å². The third-order valence-electron chi connectivity index (χ3n) is 8.24. The summed E-state index contributed by atoms with van der Waals surface area (Å²) in [6.07, 6.45) is 12.0. The number of rotatable bonds is 23. The summed E-state index contributed by atoms with van der Waals surface area (Å²) in [4.78, 5) is 60.7. The minimum absolute atomic E-state index is 0.0134. The van der Waals surface area contributed by atoms with Crippen LogP contribution in [0.25, 0.3) is 0 Å². The molecule has 3 amide bonds. The van der Waals surface area contributed by atoms with E-state index in [0.29, 0.717) is 23.2 Å². The Bertz CT molecular complexity index is 1450. The molecule has 3 rings (SSSR count). The van der Waals surface area contributed by atoms with Gasteiger partial charge < -0.3 is 41.6 Å². The van der Waals surface area contributed by atoms with Crippen molar-refractivity contribution < 1.29 is 34.1 Å². The Hall–Kier alpha value is -4.91. The molecule has 13 nitrogen and oxygen atoms in total. The second-order valence-electron chi connectivity index (χ2n) is 12.4. The van der Waals surface area contributed by atoms with Gasteiger partial charge in [-0.25, -0.2) is 9.78 Å². The van der Waals surface area contributed by atoms with E-state index in [1.807, 2.05) is 0 Å². The third kappa shape index (κ3) is 14.7. The van der Waals surface area contributed by atoms with Crippen molar-refractivity contribution in [3.63, 3.8) is 0 Å². The minimum Gasteiger partial charge on any atom is -0.508 e. The first-order valence-corrected chi connectivity index (χ1v) is 17.5. The fourth-order valence-electron chi connectivity index (χ4n) is 5.45. The molecule has 0 aliphatic rings. The molecule has 0 unspecified atom stereocenters. The van der Waals surface area contributed by atoms with E-state index < -0.39 is 35.9 Å². The lowest BCUT2D eigenvalue weighted by atomic mass is 10.0. The molecule has 1 heterocycles. The third-order valence-corrected chi connectivity index (χ3v) is 8.24. The van der Waals surface area contributed by atoms with Gasteiger partial charge >= 0.3 is 5.97 Å². The lowest BCUT2D eigenvalue weighted by Crippen LogP contribution is -2.57. The van der Waals surface area contributed by atoms with Crippen molar-refractivity contribution in [2.75, 3.05) is 13.2 Å². The summed E-state index contributed by atoms with van der Waals surface area (Å²) in [6, 6.07) is 9.19. The molecule has 2 aromatic carbocycles. The van der Waals surface area contributed by atoms with Crippen LogP contribution in [-0.4, -0.2) is 75.1 Å². The van der Waals surface area contributed by atoms with Gasteiger partial charge in [-0.05, 0) is 41.8 Å². The van der Waals surface area contributed by atoms with Gasteiger partial charge in [0.05, 0.1) is 6.33 Å². The van der Waals surface area contributed by atoms with Crippen LogP contribution in [0.1, 0.15) is 81.5 Å². The van der Waals surface area contributed by atoms with Crippen LogP contribution in [0.4, 0.5) is 0 Å². The number of nitrogens with two attached hydrogens (primary N) is 1. The van der Waals surface area contributed by atoms with E-state index in [1.54, 1.807) is 24.3 Å². The Morgan fingerprint density at radius 2 is 1.26 bits per heavy atom. The number of ether oxygens (including phenoxy) is 1. The number of benzene rings is 2. The number of phenols is 2. The van der Waals surface area contributed by atoms with E-state index in [2.05, 4.69) is 32.8 Å². The second kappa shape index (κ2) is 21.9. The number of carbonyl (C=O) groups excluding carboxylic acids is 4. The van der Waals surface area contributed by atoms with Gasteiger partial charge in [-0.3, -0.25) is 14.4 Å². The number of carbonyl (C=O) groups is 4. The number of aromatic hydroxyl groups is 2. The predicted molar refractivity (Wildman–Crippen MR) is 189 cm³/mol. The molecular formula is C37H52N6O7. The van der Waals surface area contributed by atoms with Crippen molar-refractivity contribution in [2.45, 2.75) is 102 Å². The van der Waals surface area contributed by atoms with Gasteiger partial charge in [0.15, 0.2) is 0 Å². The minimum atomic E-state index is -1.17. The van der Waals surface area contributed by atoms with Crippen molar-refractivity contribution in [1.29, 1.82) is 0 Å². The highest BCUT2D eigenvalue weighted by molar-refractivity contribution is 5.94. The summed E-state index contributed by atoms with van der Waals surface area (Å²) in [5.74, 6) is -2.12. The Labute approximate surface area is 293 Å². The number of imidazole rings is 1. The number of hydrogen-bond donors (Lipinski definition) is 7. The highest BCUT2D eigenvalue weighted by Crippen LogP contribution is 2.15. The maximum Gasteiger partial charge on any atom is 0.329 e. The van der Waals surface area contributed by atoms with E-state index >= 15 is 0 Å². The summed E-state index contributed by atoms with van der Waals surface area (Å²) < 4.78 is 5.25. The molecule has 50 heavy (non-hydrogen) atoms. The molecule has 13 heteroatoms. The van der Waals surface area contributed by atoms with Gasteiger partial charge in [0.1, 0.15) is 36.2 Å². The number of phenolic OH excluding ortho intramolecular Hbond substituents is 2. The highest BCUT2D eigenvalue weighted by Gasteiger charge is 2.31. The molecule has 0 fully saturated rings. The van der Waals surface area contributed by atoms with Crippen molar-refractivity contribution >= 4 is 23.7 Å². The molecule has 0 aliphatic carbocycles. The lowest BCUT2D eigenvalue weighted by Gasteiger charge is -2.25. The van der Waals surface area contributed by atoms with Crippen molar-refractivity contribution in [1.82, 2.24) is 25.9 Å². The Balaban J connectivity index is 1.75. The average Bonchev–Trinajstić information content (AvgIpc) is 3.62. The number of nitrogens with one attached hydrogen (secondary N) is 4. The second-order valence-corrected chi connectivity index (χ2v) is 12.4. The van der Waals surface area contributed by atoms with Crippen LogP contribution in [0.3, 0.4) is 0 Å². The monoisotopic (exact) mass is 692 g/mol. The first kappa shape index (κ1) is 39.5. The van der Waals surface area contributed by atoms with Gasteiger partial charge in [-0.15, -0.1) is 0 Å². The van der Waals surface area contributed by atoms with E-state index in [1.165, 1.54) is 62.5 Å². The molecule has 0 aliphatic heterocycles. The zero-order chi connectivity index (χ0) is 36.1. The number of nitrogens with zero attached hydrogens (tertiary/aromatic N) is 1. The molecule has 0 bridgehead atoms.